The van der Waals surface area contributed by atoms with Gasteiger partial charge in [0.15, 0.2) is 0 Å². The first-order chi connectivity index (χ1) is 16.9. The van der Waals surface area contributed by atoms with Gasteiger partial charge in [-0.1, -0.05) is 12.1 Å². The van der Waals surface area contributed by atoms with Crippen molar-refractivity contribution < 1.29 is 32.6 Å². The maximum Gasteiger partial charge on any atom is 0.490 e. The maximum atomic E-state index is 12.7. The zero-order chi connectivity index (χ0) is 26.5. The molecule has 3 heterocycles. The fraction of sp³-hybridized carbons (Fsp3) is 0.360. The fourth-order valence-electron chi connectivity index (χ4n) is 3.77. The van der Waals surface area contributed by atoms with E-state index in [1.54, 1.807) is 6.20 Å². The molecule has 0 aliphatic carbocycles. The van der Waals surface area contributed by atoms with Crippen LogP contribution in [0, 0.1) is 20.8 Å². The summed E-state index contributed by atoms with van der Waals surface area (Å²) in [6, 6.07) is 13.9. The molecule has 1 fully saturated rings. The largest absolute Gasteiger partial charge is 0.490 e. The molecule has 0 spiro atoms. The Kier molecular flexibility index (Phi) is 8.33. The summed E-state index contributed by atoms with van der Waals surface area (Å²) in [5.41, 5.74) is 5.04. The van der Waals surface area contributed by atoms with Gasteiger partial charge in [-0.05, 0) is 50.6 Å². The molecule has 1 saturated heterocycles. The zero-order valence-electron chi connectivity index (χ0n) is 20.1. The Morgan fingerprint density at radius 3 is 2.31 bits per heavy atom. The molecule has 4 rings (SSSR count). The number of benzene rings is 1. The summed E-state index contributed by atoms with van der Waals surface area (Å²) in [6.45, 7) is 7.33. The number of aryl methyl sites for hydroxylation is 3. The minimum atomic E-state index is -5.08. The summed E-state index contributed by atoms with van der Waals surface area (Å²) in [7, 11) is 0. The van der Waals surface area contributed by atoms with Crippen molar-refractivity contribution in [2.75, 3.05) is 13.1 Å². The van der Waals surface area contributed by atoms with Crippen LogP contribution < -0.4 is 4.74 Å². The molecule has 192 valence electrons. The summed E-state index contributed by atoms with van der Waals surface area (Å²) in [4.78, 5) is 27.7. The van der Waals surface area contributed by atoms with E-state index < -0.39 is 12.1 Å². The van der Waals surface area contributed by atoms with E-state index in [4.69, 9.17) is 14.6 Å². The number of halogens is 3. The van der Waals surface area contributed by atoms with Crippen molar-refractivity contribution in [2.24, 2.45) is 0 Å². The normalized spacial score (nSPS) is 15.3. The molecule has 0 bridgehead atoms. The summed E-state index contributed by atoms with van der Waals surface area (Å²) in [5.74, 6) is -1.80. The van der Waals surface area contributed by atoms with Crippen LogP contribution in [-0.2, 0) is 16.0 Å². The number of rotatable bonds is 5. The summed E-state index contributed by atoms with van der Waals surface area (Å²) in [5, 5.41) is 11.6. The number of ether oxygens (including phenoxy) is 1. The SMILES string of the molecule is Cc1cc(OC2CCN(C(=O)Cc3ccc(-n4nc(C)cc4C)cc3)C2)ccn1.O=C(O)C(F)(F)F. The predicted molar refractivity (Wildman–Crippen MR) is 125 cm³/mol. The van der Waals surface area contributed by atoms with Crippen LogP contribution in [-0.4, -0.2) is 62.0 Å². The Labute approximate surface area is 206 Å². The van der Waals surface area contributed by atoms with Crippen LogP contribution in [0.25, 0.3) is 5.69 Å². The number of pyridine rings is 1. The maximum absolute atomic E-state index is 12.7. The van der Waals surface area contributed by atoms with Crippen molar-refractivity contribution in [1.82, 2.24) is 19.7 Å². The van der Waals surface area contributed by atoms with E-state index >= 15 is 0 Å². The van der Waals surface area contributed by atoms with Crippen molar-refractivity contribution in [3.63, 3.8) is 0 Å². The van der Waals surface area contributed by atoms with Crippen LogP contribution in [0.2, 0.25) is 0 Å². The Hall–Kier alpha value is -3.89. The van der Waals surface area contributed by atoms with Gasteiger partial charge in [0.1, 0.15) is 11.9 Å². The van der Waals surface area contributed by atoms with Gasteiger partial charge in [-0.25, -0.2) is 9.48 Å². The van der Waals surface area contributed by atoms with E-state index in [9.17, 15) is 18.0 Å². The Bertz CT molecular complexity index is 1210. The number of carbonyl (C=O) groups is 2. The first-order valence-corrected chi connectivity index (χ1v) is 11.2. The molecule has 3 aromatic rings. The Morgan fingerprint density at radius 1 is 1.08 bits per heavy atom. The van der Waals surface area contributed by atoms with Crippen LogP contribution in [0.15, 0.2) is 48.7 Å². The predicted octanol–water partition coefficient (Wildman–Crippen LogP) is 4.05. The van der Waals surface area contributed by atoms with Gasteiger partial charge in [0, 0.05) is 36.6 Å². The summed E-state index contributed by atoms with van der Waals surface area (Å²) >= 11 is 0. The van der Waals surface area contributed by atoms with E-state index in [1.807, 2.05) is 66.8 Å². The minimum Gasteiger partial charge on any atom is -0.488 e. The van der Waals surface area contributed by atoms with Gasteiger partial charge in [-0.2, -0.15) is 18.3 Å². The standard InChI is InChI=1S/C23H26N4O2.C2HF3O2/c1-16-13-21(8-10-24-16)29-22-9-11-26(15-22)23(28)14-19-4-6-20(7-5-19)27-18(3)12-17(2)25-27;3-2(4,5)1(6)7/h4-8,10,12-13,22H,9,11,14-15H2,1-3H3;(H,6,7). The Morgan fingerprint density at radius 2 is 1.75 bits per heavy atom. The lowest BCUT2D eigenvalue weighted by atomic mass is 10.1. The van der Waals surface area contributed by atoms with E-state index in [-0.39, 0.29) is 12.0 Å². The first kappa shape index (κ1) is 26.7. The lowest BCUT2D eigenvalue weighted by Gasteiger charge is -2.17. The molecule has 1 aromatic carbocycles. The third kappa shape index (κ3) is 7.30. The van der Waals surface area contributed by atoms with Gasteiger partial charge in [-0.3, -0.25) is 9.78 Å². The third-order valence-electron chi connectivity index (χ3n) is 5.46. The molecule has 1 atom stereocenters. The molecule has 1 aliphatic rings. The molecule has 0 radical (unpaired) electrons. The highest BCUT2D eigenvalue weighted by Gasteiger charge is 2.38. The Balaban J connectivity index is 0.000000454. The number of carbonyl (C=O) groups excluding carboxylic acids is 1. The molecule has 0 saturated carbocycles. The lowest BCUT2D eigenvalue weighted by Crippen LogP contribution is -2.32. The van der Waals surface area contributed by atoms with Gasteiger partial charge >= 0.3 is 12.1 Å². The van der Waals surface area contributed by atoms with Crippen molar-refractivity contribution in [3.8, 4) is 11.4 Å². The molecule has 1 amide bonds. The number of amides is 1. The minimum absolute atomic E-state index is 0.0363. The fourth-order valence-corrected chi connectivity index (χ4v) is 3.77. The number of alkyl halides is 3. The number of aliphatic carboxylic acids is 1. The van der Waals surface area contributed by atoms with E-state index in [0.29, 0.717) is 13.0 Å². The smallest absolute Gasteiger partial charge is 0.488 e. The van der Waals surface area contributed by atoms with Gasteiger partial charge in [0.2, 0.25) is 5.91 Å². The molecule has 2 aromatic heterocycles. The monoisotopic (exact) mass is 504 g/mol. The van der Waals surface area contributed by atoms with Crippen LogP contribution in [0.4, 0.5) is 13.2 Å². The van der Waals surface area contributed by atoms with Gasteiger partial charge < -0.3 is 14.7 Å². The molecule has 11 heteroatoms. The lowest BCUT2D eigenvalue weighted by molar-refractivity contribution is -0.192. The molecule has 1 aliphatic heterocycles. The van der Waals surface area contributed by atoms with E-state index in [2.05, 4.69) is 16.1 Å². The number of hydrogen-bond donors (Lipinski definition) is 1. The molecule has 1 unspecified atom stereocenters. The molecular formula is C25H27F3N4O4. The second-order valence-corrected chi connectivity index (χ2v) is 8.49. The summed E-state index contributed by atoms with van der Waals surface area (Å²) < 4.78 is 39.7. The number of hydrogen-bond acceptors (Lipinski definition) is 5. The molecular weight excluding hydrogens is 477 g/mol. The third-order valence-corrected chi connectivity index (χ3v) is 5.46. The molecule has 36 heavy (non-hydrogen) atoms. The highest BCUT2D eigenvalue weighted by molar-refractivity contribution is 5.79. The van der Waals surface area contributed by atoms with E-state index in [1.165, 1.54) is 0 Å². The van der Waals surface area contributed by atoms with Crippen molar-refractivity contribution in [3.05, 3.63) is 71.3 Å². The van der Waals surface area contributed by atoms with Gasteiger partial charge in [0.05, 0.1) is 24.3 Å². The topological polar surface area (TPSA) is 97.5 Å². The van der Waals surface area contributed by atoms with Crippen molar-refractivity contribution >= 4 is 11.9 Å². The highest BCUT2D eigenvalue weighted by Crippen LogP contribution is 2.20. The number of likely N-dealkylation sites (tertiary alicyclic amines) is 1. The average molecular weight is 505 g/mol. The van der Waals surface area contributed by atoms with Crippen LogP contribution in [0.5, 0.6) is 5.75 Å². The second-order valence-electron chi connectivity index (χ2n) is 8.49. The van der Waals surface area contributed by atoms with Crippen molar-refractivity contribution in [1.29, 1.82) is 0 Å². The second kappa shape index (κ2) is 11.2. The van der Waals surface area contributed by atoms with Crippen LogP contribution >= 0.6 is 0 Å². The number of nitrogens with zero attached hydrogens (tertiary/aromatic N) is 4. The quantitative estimate of drug-likeness (QED) is 0.563. The van der Waals surface area contributed by atoms with Crippen LogP contribution in [0.3, 0.4) is 0 Å². The zero-order valence-corrected chi connectivity index (χ0v) is 20.1. The number of carboxylic acids is 1. The van der Waals surface area contributed by atoms with Gasteiger partial charge in [0.25, 0.3) is 0 Å². The highest BCUT2D eigenvalue weighted by atomic mass is 19.4. The molecule has 8 nitrogen and oxygen atoms in total. The van der Waals surface area contributed by atoms with Crippen molar-refractivity contribution in [2.45, 2.75) is 45.9 Å². The van der Waals surface area contributed by atoms with E-state index in [0.717, 1.165) is 47.0 Å². The summed E-state index contributed by atoms with van der Waals surface area (Å²) in [6.07, 6.45) is -2.05. The van der Waals surface area contributed by atoms with Crippen LogP contribution in [0.1, 0.15) is 29.1 Å². The number of carboxylic acid groups (broad SMARTS) is 1. The average Bonchev–Trinajstić information content (AvgIpc) is 3.40. The molecule has 1 N–H and O–H groups in total. The first-order valence-electron chi connectivity index (χ1n) is 11.2. The van der Waals surface area contributed by atoms with Gasteiger partial charge in [-0.15, -0.1) is 0 Å². The number of aromatic nitrogens is 3.